The Labute approximate surface area is 169 Å². The summed E-state index contributed by atoms with van der Waals surface area (Å²) in [5, 5.41) is 7.36. The van der Waals surface area contributed by atoms with Gasteiger partial charge in [0.05, 0.1) is 25.2 Å². The Morgan fingerprint density at radius 1 is 1.17 bits per heavy atom. The number of carbonyl (C=O) groups is 1. The van der Waals surface area contributed by atoms with E-state index in [1.54, 1.807) is 23.1 Å². The lowest BCUT2D eigenvalue weighted by Gasteiger charge is -2.26. The molecule has 0 unspecified atom stereocenters. The van der Waals surface area contributed by atoms with E-state index in [1.165, 1.54) is 0 Å². The smallest absolute Gasteiger partial charge is 0.290 e. The minimum atomic E-state index is -0.286. The molecule has 3 aromatic rings. The summed E-state index contributed by atoms with van der Waals surface area (Å²) in [5.41, 5.74) is 1.97. The Hall–Kier alpha value is -2.97. The predicted molar refractivity (Wildman–Crippen MR) is 108 cm³/mol. The highest BCUT2D eigenvalue weighted by Gasteiger charge is 2.20. The van der Waals surface area contributed by atoms with E-state index >= 15 is 0 Å². The summed E-state index contributed by atoms with van der Waals surface area (Å²) < 4.78 is 12.5. The number of rotatable bonds is 7. The highest BCUT2D eigenvalue weighted by Crippen LogP contribution is 2.22. The molecule has 1 amide bonds. The zero-order valence-electron chi connectivity index (χ0n) is 16.5. The molecular weight excluding hydrogens is 370 g/mol. The number of aromatic nitrogens is 3. The molecule has 2 aromatic heterocycles. The average Bonchev–Trinajstić information content (AvgIpc) is 3.42. The maximum Gasteiger partial charge on any atom is 0.290 e. The number of nitrogens with zero attached hydrogens (tertiary/aromatic N) is 4. The van der Waals surface area contributed by atoms with Crippen LogP contribution in [0.15, 0.2) is 47.1 Å². The van der Waals surface area contributed by atoms with Crippen LogP contribution >= 0.6 is 0 Å². The number of hydrogen-bond acceptors (Lipinski definition) is 6. The standard InChI is InChI=1S/C21H25N5O3/c1-16-5-7-17(8-6-16)26-20(18-4-2-13-29-18)23-19(24-26)21(27)22-9-3-10-25-11-14-28-15-12-25/h2,4-8,13H,3,9-12,14-15H2,1H3,(H,22,27). The van der Waals surface area contributed by atoms with E-state index in [9.17, 15) is 4.79 Å². The molecule has 0 atom stereocenters. The molecule has 1 N–H and O–H groups in total. The number of amides is 1. The summed E-state index contributed by atoms with van der Waals surface area (Å²) in [7, 11) is 0. The molecule has 1 fully saturated rings. The van der Waals surface area contributed by atoms with Gasteiger partial charge in [0.2, 0.25) is 5.82 Å². The quantitative estimate of drug-likeness (QED) is 0.618. The Balaban J connectivity index is 1.45. The van der Waals surface area contributed by atoms with Crippen LogP contribution in [0, 0.1) is 6.92 Å². The molecular formula is C21H25N5O3. The molecule has 8 nitrogen and oxygen atoms in total. The Morgan fingerprint density at radius 3 is 2.69 bits per heavy atom. The summed E-state index contributed by atoms with van der Waals surface area (Å²) >= 11 is 0. The first-order chi connectivity index (χ1) is 14.2. The van der Waals surface area contributed by atoms with Gasteiger partial charge in [-0.1, -0.05) is 17.7 Å². The number of morpholine rings is 1. The van der Waals surface area contributed by atoms with Crippen molar-refractivity contribution in [3.63, 3.8) is 0 Å². The normalized spacial score (nSPS) is 14.8. The third-order valence-electron chi connectivity index (χ3n) is 4.87. The van der Waals surface area contributed by atoms with E-state index in [4.69, 9.17) is 9.15 Å². The zero-order valence-corrected chi connectivity index (χ0v) is 16.5. The lowest BCUT2D eigenvalue weighted by atomic mass is 10.2. The fourth-order valence-corrected chi connectivity index (χ4v) is 3.25. The van der Waals surface area contributed by atoms with Crippen LogP contribution in [-0.2, 0) is 4.74 Å². The molecule has 3 heterocycles. The number of hydrogen-bond donors (Lipinski definition) is 1. The Kier molecular flexibility index (Phi) is 6.02. The van der Waals surface area contributed by atoms with Crippen LogP contribution in [0.1, 0.15) is 22.6 Å². The summed E-state index contributed by atoms with van der Waals surface area (Å²) in [5.74, 6) is 0.899. The van der Waals surface area contributed by atoms with Gasteiger partial charge >= 0.3 is 0 Å². The highest BCUT2D eigenvalue weighted by molar-refractivity contribution is 5.90. The molecule has 152 valence electrons. The van der Waals surface area contributed by atoms with Gasteiger partial charge in [-0.25, -0.2) is 4.68 Å². The van der Waals surface area contributed by atoms with Crippen molar-refractivity contribution < 1.29 is 13.9 Å². The number of furan rings is 1. The second-order valence-electron chi connectivity index (χ2n) is 7.05. The van der Waals surface area contributed by atoms with Crippen molar-refractivity contribution in [1.29, 1.82) is 0 Å². The summed E-state index contributed by atoms with van der Waals surface area (Å²) in [4.78, 5) is 19.4. The topological polar surface area (TPSA) is 85.4 Å². The van der Waals surface area contributed by atoms with Crippen LogP contribution < -0.4 is 5.32 Å². The third-order valence-corrected chi connectivity index (χ3v) is 4.87. The maximum absolute atomic E-state index is 12.6. The Morgan fingerprint density at radius 2 is 1.97 bits per heavy atom. The van der Waals surface area contributed by atoms with Crippen molar-refractivity contribution >= 4 is 5.91 Å². The van der Waals surface area contributed by atoms with Crippen LogP contribution in [0.5, 0.6) is 0 Å². The SMILES string of the molecule is Cc1ccc(-n2nc(C(=O)NCCCN3CCOCC3)nc2-c2ccco2)cc1. The van der Waals surface area contributed by atoms with Crippen molar-refractivity contribution in [2.75, 3.05) is 39.4 Å². The first kappa shape index (κ1) is 19.4. The average molecular weight is 395 g/mol. The Bertz CT molecular complexity index is 928. The minimum absolute atomic E-state index is 0.128. The van der Waals surface area contributed by atoms with Gasteiger partial charge in [-0.3, -0.25) is 9.69 Å². The van der Waals surface area contributed by atoms with Gasteiger partial charge in [-0.15, -0.1) is 5.10 Å². The summed E-state index contributed by atoms with van der Waals surface area (Å²) in [6, 6.07) is 11.5. The van der Waals surface area contributed by atoms with E-state index in [2.05, 4.69) is 20.3 Å². The summed E-state index contributed by atoms with van der Waals surface area (Å²) in [6.45, 7) is 6.99. The fourth-order valence-electron chi connectivity index (χ4n) is 3.25. The van der Waals surface area contributed by atoms with E-state index < -0.39 is 0 Å². The van der Waals surface area contributed by atoms with Crippen LogP contribution in [-0.4, -0.2) is 65.0 Å². The largest absolute Gasteiger partial charge is 0.461 e. The van der Waals surface area contributed by atoms with Gasteiger partial charge in [0.25, 0.3) is 5.91 Å². The second kappa shape index (κ2) is 9.02. The monoisotopic (exact) mass is 395 g/mol. The highest BCUT2D eigenvalue weighted by atomic mass is 16.5. The van der Waals surface area contributed by atoms with E-state index in [1.807, 2.05) is 31.2 Å². The minimum Gasteiger partial charge on any atom is -0.461 e. The lowest BCUT2D eigenvalue weighted by molar-refractivity contribution is 0.0374. The molecule has 1 saturated heterocycles. The first-order valence-electron chi connectivity index (χ1n) is 9.87. The fraction of sp³-hybridized carbons (Fsp3) is 0.381. The van der Waals surface area contributed by atoms with Crippen LogP contribution in [0.2, 0.25) is 0 Å². The van der Waals surface area contributed by atoms with Gasteiger partial charge in [0.1, 0.15) is 0 Å². The van der Waals surface area contributed by atoms with Crippen LogP contribution in [0.4, 0.5) is 0 Å². The van der Waals surface area contributed by atoms with Crippen molar-refractivity contribution in [2.24, 2.45) is 0 Å². The van der Waals surface area contributed by atoms with E-state index in [0.717, 1.165) is 50.5 Å². The molecule has 0 radical (unpaired) electrons. The molecule has 0 spiro atoms. The molecule has 29 heavy (non-hydrogen) atoms. The van der Waals surface area contributed by atoms with Crippen molar-refractivity contribution in [1.82, 2.24) is 25.0 Å². The van der Waals surface area contributed by atoms with Crippen molar-refractivity contribution in [3.05, 3.63) is 54.0 Å². The maximum atomic E-state index is 12.6. The van der Waals surface area contributed by atoms with Crippen LogP contribution in [0.25, 0.3) is 17.3 Å². The molecule has 1 aliphatic rings. The molecule has 1 aromatic carbocycles. The molecule has 4 rings (SSSR count). The van der Waals surface area contributed by atoms with Gasteiger partial charge < -0.3 is 14.5 Å². The van der Waals surface area contributed by atoms with Gasteiger partial charge in [0, 0.05) is 19.6 Å². The third kappa shape index (κ3) is 4.72. The lowest BCUT2D eigenvalue weighted by Crippen LogP contribution is -2.38. The second-order valence-corrected chi connectivity index (χ2v) is 7.05. The number of benzene rings is 1. The zero-order chi connectivity index (χ0) is 20.1. The predicted octanol–water partition coefficient (Wildman–Crippen LogP) is 2.29. The van der Waals surface area contributed by atoms with Crippen molar-refractivity contribution in [2.45, 2.75) is 13.3 Å². The molecule has 0 aliphatic carbocycles. The number of carbonyl (C=O) groups excluding carboxylic acids is 1. The van der Waals surface area contributed by atoms with E-state index in [-0.39, 0.29) is 11.7 Å². The van der Waals surface area contributed by atoms with Gasteiger partial charge in [-0.2, -0.15) is 4.98 Å². The van der Waals surface area contributed by atoms with Crippen LogP contribution in [0.3, 0.4) is 0 Å². The molecule has 0 saturated carbocycles. The molecule has 1 aliphatic heterocycles. The van der Waals surface area contributed by atoms with Gasteiger partial charge in [0.15, 0.2) is 11.6 Å². The van der Waals surface area contributed by atoms with Crippen molar-refractivity contribution in [3.8, 4) is 17.3 Å². The summed E-state index contributed by atoms with van der Waals surface area (Å²) in [6.07, 6.45) is 2.45. The number of ether oxygens (including phenoxy) is 1. The number of aryl methyl sites for hydroxylation is 1. The van der Waals surface area contributed by atoms with E-state index in [0.29, 0.717) is 18.1 Å². The molecule has 0 bridgehead atoms. The number of nitrogens with one attached hydrogen (secondary N) is 1. The first-order valence-corrected chi connectivity index (χ1v) is 9.87. The molecule has 8 heteroatoms. The van der Waals surface area contributed by atoms with Gasteiger partial charge in [-0.05, 0) is 44.2 Å².